The first-order valence-corrected chi connectivity index (χ1v) is 5.98. The number of benzene rings is 2. The zero-order valence-electron chi connectivity index (χ0n) is 10.2. The number of nitrogens with zero attached hydrogens (tertiary/aromatic N) is 3. The van der Waals surface area contributed by atoms with Crippen LogP contribution < -0.4 is 0 Å². The van der Waals surface area contributed by atoms with Crippen molar-refractivity contribution >= 4 is 11.4 Å². The number of nitrogens with one attached hydrogen (secondary N) is 1. The first-order chi connectivity index (χ1) is 9.42. The molecule has 1 aromatic heterocycles. The molecule has 0 fully saturated rings. The van der Waals surface area contributed by atoms with E-state index in [1.54, 1.807) is 6.20 Å². The van der Waals surface area contributed by atoms with Gasteiger partial charge < -0.3 is 0 Å². The molecule has 0 bridgehead atoms. The summed E-state index contributed by atoms with van der Waals surface area (Å²) in [6.45, 7) is 0. The second kappa shape index (κ2) is 5.27. The second-order valence-electron chi connectivity index (χ2n) is 4.06. The van der Waals surface area contributed by atoms with Crippen LogP contribution >= 0.6 is 0 Å². The molecule has 1 heterocycles. The molecule has 0 atom stereocenters. The molecule has 0 amide bonds. The lowest BCUT2D eigenvalue weighted by molar-refractivity contribution is 1.09. The van der Waals surface area contributed by atoms with Crippen molar-refractivity contribution in [3.63, 3.8) is 0 Å². The summed E-state index contributed by atoms with van der Waals surface area (Å²) >= 11 is 0. The fourth-order valence-electron chi connectivity index (χ4n) is 1.76. The van der Waals surface area contributed by atoms with Gasteiger partial charge in [-0.3, -0.25) is 5.10 Å². The summed E-state index contributed by atoms with van der Waals surface area (Å²) < 4.78 is 0. The van der Waals surface area contributed by atoms with Crippen LogP contribution in [0.1, 0.15) is 0 Å². The average Bonchev–Trinajstić information content (AvgIpc) is 3.01. The summed E-state index contributed by atoms with van der Waals surface area (Å²) in [6, 6.07) is 19.5. The zero-order chi connectivity index (χ0) is 12.9. The van der Waals surface area contributed by atoms with Crippen molar-refractivity contribution in [1.82, 2.24) is 10.2 Å². The monoisotopic (exact) mass is 248 g/mol. The van der Waals surface area contributed by atoms with Crippen LogP contribution in [0.25, 0.3) is 11.3 Å². The normalized spacial score (nSPS) is 10.9. The summed E-state index contributed by atoms with van der Waals surface area (Å²) in [5, 5.41) is 15.3. The Morgan fingerprint density at radius 2 is 1.58 bits per heavy atom. The molecule has 0 saturated heterocycles. The van der Waals surface area contributed by atoms with E-state index in [4.69, 9.17) is 0 Å². The van der Waals surface area contributed by atoms with Crippen LogP contribution in [0.3, 0.4) is 0 Å². The maximum atomic E-state index is 4.24. The number of H-pyrrole nitrogens is 1. The Morgan fingerprint density at radius 3 is 2.37 bits per heavy atom. The molecule has 0 aliphatic heterocycles. The van der Waals surface area contributed by atoms with Crippen molar-refractivity contribution in [2.24, 2.45) is 10.2 Å². The van der Waals surface area contributed by atoms with Crippen LogP contribution in [0.15, 0.2) is 77.1 Å². The van der Waals surface area contributed by atoms with Gasteiger partial charge >= 0.3 is 0 Å². The molecule has 1 N–H and O–H groups in total. The first-order valence-electron chi connectivity index (χ1n) is 5.98. The third-order valence-electron chi connectivity index (χ3n) is 2.70. The van der Waals surface area contributed by atoms with E-state index < -0.39 is 0 Å². The van der Waals surface area contributed by atoms with Gasteiger partial charge in [-0.05, 0) is 30.3 Å². The van der Waals surface area contributed by atoms with Gasteiger partial charge in [0.1, 0.15) is 0 Å². The lowest BCUT2D eigenvalue weighted by Crippen LogP contribution is -1.76. The number of aromatic nitrogens is 2. The first kappa shape index (κ1) is 11.3. The van der Waals surface area contributed by atoms with E-state index in [1.807, 2.05) is 60.7 Å². The van der Waals surface area contributed by atoms with Gasteiger partial charge in [-0.25, -0.2) is 0 Å². The van der Waals surface area contributed by atoms with Gasteiger partial charge in [0, 0.05) is 11.8 Å². The number of hydrogen-bond donors (Lipinski definition) is 1. The van der Waals surface area contributed by atoms with Gasteiger partial charge in [0.25, 0.3) is 0 Å². The van der Waals surface area contributed by atoms with E-state index >= 15 is 0 Å². The molecule has 0 saturated carbocycles. The van der Waals surface area contributed by atoms with E-state index in [0.29, 0.717) is 0 Å². The highest BCUT2D eigenvalue weighted by Gasteiger charge is 1.99. The molecule has 0 aliphatic carbocycles. The number of hydrogen-bond acceptors (Lipinski definition) is 3. The van der Waals surface area contributed by atoms with Gasteiger partial charge in [-0.15, -0.1) is 0 Å². The van der Waals surface area contributed by atoms with Crippen molar-refractivity contribution in [1.29, 1.82) is 0 Å². The summed E-state index contributed by atoms with van der Waals surface area (Å²) in [5.41, 5.74) is 3.67. The Kier molecular flexibility index (Phi) is 3.14. The Balaban J connectivity index is 1.86. The van der Waals surface area contributed by atoms with Gasteiger partial charge in [-0.2, -0.15) is 15.3 Å². The van der Waals surface area contributed by atoms with E-state index in [0.717, 1.165) is 22.6 Å². The minimum absolute atomic E-state index is 0.816. The van der Waals surface area contributed by atoms with Crippen molar-refractivity contribution in [3.05, 3.63) is 66.9 Å². The van der Waals surface area contributed by atoms with E-state index in [2.05, 4.69) is 20.4 Å². The largest absolute Gasteiger partial charge is 0.278 e. The van der Waals surface area contributed by atoms with Gasteiger partial charge in [0.2, 0.25) is 0 Å². The summed E-state index contributed by atoms with van der Waals surface area (Å²) in [7, 11) is 0. The molecular formula is C15H12N4. The molecule has 4 heteroatoms. The smallest absolute Gasteiger partial charge is 0.0863 e. The molecular weight excluding hydrogens is 236 g/mol. The Hall–Kier alpha value is -2.75. The molecule has 0 radical (unpaired) electrons. The average molecular weight is 248 g/mol. The predicted molar refractivity (Wildman–Crippen MR) is 74.6 cm³/mol. The van der Waals surface area contributed by atoms with Crippen molar-refractivity contribution in [2.75, 3.05) is 0 Å². The minimum Gasteiger partial charge on any atom is -0.278 e. The number of rotatable bonds is 3. The maximum absolute atomic E-state index is 4.24. The highest BCUT2D eigenvalue weighted by molar-refractivity contribution is 5.63. The molecule has 2 aromatic carbocycles. The fraction of sp³-hybridized carbons (Fsp3) is 0. The standard InChI is InChI=1S/C15H12N4/c1-2-6-13(7-3-1)17-18-14-8-4-5-12(11-14)15-9-10-16-19-15/h1-11H,(H,16,19). The lowest BCUT2D eigenvalue weighted by atomic mass is 10.1. The van der Waals surface area contributed by atoms with Crippen molar-refractivity contribution in [3.8, 4) is 11.3 Å². The molecule has 3 aromatic rings. The molecule has 0 spiro atoms. The predicted octanol–water partition coefficient (Wildman–Crippen LogP) is 4.49. The Labute approximate surface area is 110 Å². The van der Waals surface area contributed by atoms with Crippen molar-refractivity contribution < 1.29 is 0 Å². The topological polar surface area (TPSA) is 53.4 Å². The SMILES string of the molecule is c1ccc(N=Nc2cccc(-c3ccn[nH]3)c2)cc1. The molecule has 0 unspecified atom stereocenters. The van der Waals surface area contributed by atoms with Crippen LogP contribution in [-0.4, -0.2) is 10.2 Å². The molecule has 4 nitrogen and oxygen atoms in total. The highest BCUT2D eigenvalue weighted by Crippen LogP contribution is 2.23. The summed E-state index contributed by atoms with van der Waals surface area (Å²) in [5.74, 6) is 0. The maximum Gasteiger partial charge on any atom is 0.0863 e. The number of azo groups is 1. The van der Waals surface area contributed by atoms with Crippen LogP contribution in [-0.2, 0) is 0 Å². The van der Waals surface area contributed by atoms with Crippen molar-refractivity contribution in [2.45, 2.75) is 0 Å². The van der Waals surface area contributed by atoms with Crippen LogP contribution in [0.2, 0.25) is 0 Å². The van der Waals surface area contributed by atoms with Crippen LogP contribution in [0.4, 0.5) is 11.4 Å². The molecule has 3 rings (SSSR count). The third-order valence-corrected chi connectivity index (χ3v) is 2.70. The van der Waals surface area contributed by atoms with Gasteiger partial charge in [-0.1, -0.05) is 30.3 Å². The Morgan fingerprint density at radius 1 is 0.789 bits per heavy atom. The van der Waals surface area contributed by atoms with Gasteiger partial charge in [0.15, 0.2) is 0 Å². The third kappa shape index (κ3) is 2.74. The quantitative estimate of drug-likeness (QED) is 0.682. The minimum atomic E-state index is 0.816. The second-order valence-corrected chi connectivity index (χ2v) is 4.06. The molecule has 92 valence electrons. The van der Waals surface area contributed by atoms with E-state index in [9.17, 15) is 0 Å². The van der Waals surface area contributed by atoms with E-state index in [1.165, 1.54) is 0 Å². The molecule has 19 heavy (non-hydrogen) atoms. The highest BCUT2D eigenvalue weighted by atomic mass is 15.1. The van der Waals surface area contributed by atoms with Crippen LogP contribution in [0.5, 0.6) is 0 Å². The van der Waals surface area contributed by atoms with E-state index in [-0.39, 0.29) is 0 Å². The fourth-order valence-corrected chi connectivity index (χ4v) is 1.76. The number of aromatic amines is 1. The summed E-state index contributed by atoms with van der Waals surface area (Å²) in [4.78, 5) is 0. The molecule has 0 aliphatic rings. The van der Waals surface area contributed by atoms with Gasteiger partial charge in [0.05, 0.1) is 17.1 Å². The van der Waals surface area contributed by atoms with Crippen LogP contribution in [0, 0.1) is 0 Å². The zero-order valence-corrected chi connectivity index (χ0v) is 10.2. The Bertz CT molecular complexity index is 672. The summed E-state index contributed by atoms with van der Waals surface area (Å²) in [6.07, 6.45) is 1.73. The lowest BCUT2D eigenvalue weighted by Gasteiger charge is -1.98.